The molecule has 1 aromatic heterocycles. The highest BCUT2D eigenvalue weighted by molar-refractivity contribution is 5.93. The molecule has 8 heteroatoms. The van der Waals surface area contributed by atoms with Crippen LogP contribution in [-0.2, 0) is 20.9 Å². The number of nitrogens with zero attached hydrogens (tertiary/aromatic N) is 4. The third kappa shape index (κ3) is 4.25. The largest absolute Gasteiger partial charge is 0.463 e. The number of fused-ring (bicyclic) bond motifs is 1. The number of esters is 1. The molecular formula is C24H25N5O3. The van der Waals surface area contributed by atoms with Gasteiger partial charge in [0, 0.05) is 12.2 Å². The van der Waals surface area contributed by atoms with Crippen molar-refractivity contribution in [3.05, 3.63) is 89.4 Å². The van der Waals surface area contributed by atoms with Crippen LogP contribution >= 0.6 is 0 Å². The second kappa shape index (κ2) is 9.47. The molecule has 2 heterocycles. The van der Waals surface area contributed by atoms with Crippen molar-refractivity contribution in [1.82, 2.24) is 20.1 Å². The van der Waals surface area contributed by atoms with E-state index in [9.17, 15) is 9.59 Å². The van der Waals surface area contributed by atoms with Crippen LogP contribution < -0.4 is 10.2 Å². The van der Waals surface area contributed by atoms with Crippen LogP contribution in [-0.4, -0.2) is 39.8 Å². The Morgan fingerprint density at radius 3 is 2.44 bits per heavy atom. The maximum atomic E-state index is 13.0. The molecule has 1 aliphatic heterocycles. The third-order valence-corrected chi connectivity index (χ3v) is 5.35. The molecule has 32 heavy (non-hydrogen) atoms. The summed E-state index contributed by atoms with van der Waals surface area (Å²) in [6.07, 6.45) is 1.43. The molecule has 8 nitrogen and oxygen atoms in total. The molecular weight excluding hydrogens is 406 g/mol. The Hall–Kier alpha value is -3.94. The summed E-state index contributed by atoms with van der Waals surface area (Å²) in [5, 5.41) is 7.31. The number of amides is 1. The topological polar surface area (TPSA) is 89.3 Å². The van der Waals surface area contributed by atoms with Crippen molar-refractivity contribution >= 4 is 17.8 Å². The second-order valence-corrected chi connectivity index (χ2v) is 7.39. The summed E-state index contributed by atoms with van der Waals surface area (Å²) in [6, 6.07) is 18.8. The van der Waals surface area contributed by atoms with Crippen molar-refractivity contribution in [3.63, 3.8) is 0 Å². The monoisotopic (exact) mass is 431 g/mol. The van der Waals surface area contributed by atoms with Crippen LogP contribution in [0.25, 0.3) is 0 Å². The molecule has 164 valence electrons. The van der Waals surface area contributed by atoms with E-state index in [1.165, 1.54) is 6.33 Å². The Morgan fingerprint density at radius 2 is 1.75 bits per heavy atom. The van der Waals surface area contributed by atoms with Crippen LogP contribution in [0.3, 0.4) is 0 Å². The van der Waals surface area contributed by atoms with Gasteiger partial charge in [-0.05, 0) is 25.0 Å². The van der Waals surface area contributed by atoms with Crippen LogP contribution in [0.15, 0.2) is 78.3 Å². The van der Waals surface area contributed by atoms with Gasteiger partial charge in [-0.15, -0.1) is 0 Å². The summed E-state index contributed by atoms with van der Waals surface area (Å²) >= 11 is 0. The van der Waals surface area contributed by atoms with Crippen LogP contribution in [0.2, 0.25) is 0 Å². The molecule has 0 unspecified atom stereocenters. The molecule has 0 aliphatic carbocycles. The molecule has 0 radical (unpaired) electrons. The number of hydrogen-bond acceptors (Lipinski definition) is 6. The van der Waals surface area contributed by atoms with E-state index in [4.69, 9.17) is 4.74 Å². The molecule has 0 bridgehead atoms. The molecule has 1 atom stereocenters. The summed E-state index contributed by atoms with van der Waals surface area (Å²) < 4.78 is 7.03. The lowest BCUT2D eigenvalue weighted by atomic mass is 9.95. The number of allylic oxidation sites excluding steroid dienone is 1. The first-order chi connectivity index (χ1) is 15.6. The van der Waals surface area contributed by atoms with Gasteiger partial charge >= 0.3 is 5.97 Å². The van der Waals surface area contributed by atoms with Crippen molar-refractivity contribution in [2.75, 3.05) is 18.1 Å². The fourth-order valence-electron chi connectivity index (χ4n) is 3.83. The summed E-state index contributed by atoms with van der Waals surface area (Å²) in [6.45, 7) is 4.25. The molecule has 1 aliphatic rings. The Kier molecular flexibility index (Phi) is 6.30. The van der Waals surface area contributed by atoms with E-state index in [-0.39, 0.29) is 19.1 Å². The Balaban J connectivity index is 1.66. The van der Waals surface area contributed by atoms with E-state index < -0.39 is 12.0 Å². The van der Waals surface area contributed by atoms with E-state index in [1.807, 2.05) is 67.6 Å². The van der Waals surface area contributed by atoms with E-state index >= 15 is 0 Å². The first-order valence-corrected chi connectivity index (χ1v) is 10.5. The lowest BCUT2D eigenvalue weighted by molar-refractivity contribution is -0.139. The normalized spacial score (nSPS) is 15.3. The number of aromatic nitrogens is 3. The number of benzene rings is 2. The molecule has 0 spiro atoms. The van der Waals surface area contributed by atoms with Crippen LogP contribution in [0, 0.1) is 0 Å². The summed E-state index contributed by atoms with van der Waals surface area (Å²) in [5.74, 6) is -0.127. The van der Waals surface area contributed by atoms with Gasteiger partial charge in [-0.1, -0.05) is 60.7 Å². The standard InChI is InChI=1S/C24H25N5O3/c1-3-32-23(31)21-17(2)28(15-20(30)25-14-18-10-6-4-7-11-18)24-26-16-27-29(24)22(21)19-12-8-5-9-13-19/h4-13,16,22H,3,14-15H2,1-2H3,(H,25,30)/t22-/m0/s1. The van der Waals surface area contributed by atoms with Gasteiger partial charge in [0.05, 0.1) is 12.2 Å². The number of anilines is 1. The summed E-state index contributed by atoms with van der Waals surface area (Å²) in [7, 11) is 0. The summed E-state index contributed by atoms with van der Waals surface area (Å²) in [5.41, 5.74) is 2.95. The molecule has 0 fully saturated rings. The number of ether oxygens (including phenoxy) is 1. The predicted octanol–water partition coefficient (Wildman–Crippen LogP) is 2.84. The minimum absolute atomic E-state index is 0.00176. The fraction of sp³-hybridized carbons (Fsp3) is 0.250. The SMILES string of the molecule is CCOC(=O)C1=C(C)N(CC(=O)NCc2ccccc2)c2ncnn2[C@H]1c1ccccc1. The first kappa shape index (κ1) is 21.3. The summed E-state index contributed by atoms with van der Waals surface area (Å²) in [4.78, 5) is 31.9. The quantitative estimate of drug-likeness (QED) is 0.579. The number of rotatable bonds is 7. The van der Waals surface area contributed by atoms with Crippen LogP contribution in [0.1, 0.15) is 31.0 Å². The minimum Gasteiger partial charge on any atom is -0.463 e. The molecule has 4 rings (SSSR count). The third-order valence-electron chi connectivity index (χ3n) is 5.35. The number of carbonyl (C=O) groups is 2. The number of hydrogen-bond donors (Lipinski definition) is 1. The molecule has 1 amide bonds. The van der Waals surface area contributed by atoms with Gasteiger partial charge in [0.2, 0.25) is 11.9 Å². The highest BCUT2D eigenvalue weighted by atomic mass is 16.5. The van der Waals surface area contributed by atoms with Gasteiger partial charge in [-0.25, -0.2) is 9.48 Å². The van der Waals surface area contributed by atoms with Crippen molar-refractivity contribution < 1.29 is 14.3 Å². The second-order valence-electron chi connectivity index (χ2n) is 7.39. The smallest absolute Gasteiger partial charge is 0.338 e. The lowest BCUT2D eigenvalue weighted by Crippen LogP contribution is -2.42. The maximum absolute atomic E-state index is 13.0. The molecule has 2 aromatic carbocycles. The van der Waals surface area contributed by atoms with Gasteiger partial charge in [-0.3, -0.25) is 4.79 Å². The van der Waals surface area contributed by atoms with Crippen molar-refractivity contribution in [2.45, 2.75) is 26.4 Å². The molecule has 0 saturated heterocycles. The van der Waals surface area contributed by atoms with Crippen molar-refractivity contribution in [3.8, 4) is 0 Å². The zero-order valence-electron chi connectivity index (χ0n) is 18.1. The van der Waals surface area contributed by atoms with Gasteiger partial charge < -0.3 is 15.0 Å². The fourth-order valence-corrected chi connectivity index (χ4v) is 3.83. The predicted molar refractivity (Wildman–Crippen MR) is 120 cm³/mol. The minimum atomic E-state index is -0.489. The van der Waals surface area contributed by atoms with Crippen LogP contribution in [0.4, 0.5) is 5.95 Å². The molecule has 0 saturated carbocycles. The number of carbonyl (C=O) groups excluding carboxylic acids is 2. The highest BCUT2D eigenvalue weighted by Gasteiger charge is 2.38. The van der Waals surface area contributed by atoms with Gasteiger partial charge in [0.1, 0.15) is 18.9 Å². The van der Waals surface area contributed by atoms with Crippen LogP contribution in [0.5, 0.6) is 0 Å². The lowest BCUT2D eigenvalue weighted by Gasteiger charge is -2.35. The first-order valence-electron chi connectivity index (χ1n) is 10.5. The van der Waals surface area contributed by atoms with Gasteiger partial charge in [0.25, 0.3) is 0 Å². The van der Waals surface area contributed by atoms with Crippen molar-refractivity contribution in [1.29, 1.82) is 0 Å². The van der Waals surface area contributed by atoms with E-state index in [0.29, 0.717) is 23.8 Å². The molecule has 3 aromatic rings. The zero-order valence-corrected chi connectivity index (χ0v) is 18.1. The Morgan fingerprint density at radius 1 is 1.06 bits per heavy atom. The zero-order chi connectivity index (χ0) is 22.5. The van der Waals surface area contributed by atoms with Gasteiger partial charge in [0.15, 0.2) is 0 Å². The van der Waals surface area contributed by atoms with E-state index in [2.05, 4.69) is 15.4 Å². The average molecular weight is 431 g/mol. The average Bonchev–Trinajstić information content (AvgIpc) is 3.30. The number of nitrogens with one attached hydrogen (secondary N) is 1. The van der Waals surface area contributed by atoms with E-state index in [1.54, 1.807) is 16.5 Å². The van der Waals surface area contributed by atoms with Gasteiger partial charge in [-0.2, -0.15) is 10.1 Å². The highest BCUT2D eigenvalue weighted by Crippen LogP contribution is 2.38. The maximum Gasteiger partial charge on any atom is 0.338 e. The molecule has 1 N–H and O–H groups in total. The van der Waals surface area contributed by atoms with E-state index in [0.717, 1.165) is 11.1 Å². The Bertz CT molecular complexity index is 1120. The van der Waals surface area contributed by atoms with Crippen molar-refractivity contribution in [2.24, 2.45) is 0 Å². The Labute approximate surface area is 186 Å².